The van der Waals surface area contributed by atoms with Gasteiger partial charge < -0.3 is 10.1 Å². The number of methoxy groups -OCH3 is 1. The third-order valence-electron chi connectivity index (χ3n) is 4.15. The first-order valence-corrected chi connectivity index (χ1v) is 7.74. The summed E-state index contributed by atoms with van der Waals surface area (Å²) in [6.07, 6.45) is 0. The number of rotatable bonds is 3. The highest BCUT2D eigenvalue weighted by atomic mass is 16.5. The fraction of sp³-hybridized carbons (Fsp3) is 0.647. The Balaban J connectivity index is 0.000000956. The first-order chi connectivity index (χ1) is 9.65. The highest BCUT2D eigenvalue weighted by molar-refractivity contribution is 5.44. The molecule has 1 aliphatic rings. The van der Waals surface area contributed by atoms with E-state index in [4.69, 9.17) is 4.74 Å². The lowest BCUT2D eigenvalue weighted by Crippen LogP contribution is -2.44. The minimum absolute atomic E-state index is 0.483. The van der Waals surface area contributed by atoms with Crippen molar-refractivity contribution in [3.05, 3.63) is 28.8 Å². The summed E-state index contributed by atoms with van der Waals surface area (Å²) < 4.78 is 5.38. The fourth-order valence-corrected chi connectivity index (χ4v) is 2.76. The molecule has 0 bridgehead atoms. The summed E-state index contributed by atoms with van der Waals surface area (Å²) in [5.41, 5.74) is 4.05. The van der Waals surface area contributed by atoms with E-state index < -0.39 is 0 Å². The van der Waals surface area contributed by atoms with Crippen LogP contribution in [0.4, 0.5) is 0 Å². The van der Waals surface area contributed by atoms with Gasteiger partial charge in [0.05, 0.1) is 7.11 Å². The average molecular weight is 278 g/mol. The van der Waals surface area contributed by atoms with Crippen LogP contribution in [0.3, 0.4) is 0 Å². The van der Waals surface area contributed by atoms with Gasteiger partial charge in [-0.15, -0.1) is 0 Å². The second-order valence-corrected chi connectivity index (χ2v) is 5.07. The molecule has 0 saturated carbocycles. The molecule has 1 fully saturated rings. The van der Waals surface area contributed by atoms with Crippen LogP contribution in [0.1, 0.15) is 43.5 Å². The van der Waals surface area contributed by atoms with Crippen molar-refractivity contribution in [2.24, 2.45) is 0 Å². The molecule has 1 saturated heterocycles. The maximum Gasteiger partial charge on any atom is 0.122 e. The summed E-state index contributed by atoms with van der Waals surface area (Å²) in [6.45, 7) is 15.1. The third-order valence-corrected chi connectivity index (χ3v) is 4.15. The molecule has 1 aromatic carbocycles. The van der Waals surface area contributed by atoms with Gasteiger partial charge in [0.25, 0.3) is 0 Å². The summed E-state index contributed by atoms with van der Waals surface area (Å²) in [4.78, 5) is 2.55. The van der Waals surface area contributed by atoms with E-state index in [1.807, 2.05) is 13.8 Å². The second-order valence-electron chi connectivity index (χ2n) is 5.07. The summed E-state index contributed by atoms with van der Waals surface area (Å²) in [7, 11) is 1.74. The second kappa shape index (κ2) is 8.28. The van der Waals surface area contributed by atoms with Crippen LogP contribution in [-0.2, 0) is 0 Å². The van der Waals surface area contributed by atoms with Crippen molar-refractivity contribution in [3.8, 4) is 5.75 Å². The maximum absolute atomic E-state index is 5.38. The zero-order valence-corrected chi connectivity index (χ0v) is 13.9. The summed E-state index contributed by atoms with van der Waals surface area (Å²) in [5.74, 6) is 0.990. The van der Waals surface area contributed by atoms with E-state index in [0.717, 1.165) is 31.9 Å². The van der Waals surface area contributed by atoms with Crippen molar-refractivity contribution >= 4 is 0 Å². The molecular weight excluding hydrogens is 248 g/mol. The van der Waals surface area contributed by atoms with Gasteiger partial charge in [-0.25, -0.2) is 0 Å². The summed E-state index contributed by atoms with van der Waals surface area (Å²) in [6, 6.07) is 4.79. The Morgan fingerprint density at radius 2 is 1.70 bits per heavy atom. The molecule has 0 aliphatic carbocycles. The van der Waals surface area contributed by atoms with E-state index in [1.54, 1.807) is 7.11 Å². The topological polar surface area (TPSA) is 24.5 Å². The van der Waals surface area contributed by atoms with Gasteiger partial charge in [0, 0.05) is 32.2 Å². The lowest BCUT2D eigenvalue weighted by molar-refractivity contribution is 0.185. The molecule has 1 atom stereocenters. The first kappa shape index (κ1) is 17.0. The van der Waals surface area contributed by atoms with Crippen molar-refractivity contribution in [3.63, 3.8) is 0 Å². The molecule has 3 nitrogen and oxygen atoms in total. The third kappa shape index (κ3) is 3.74. The number of benzene rings is 1. The predicted octanol–water partition coefficient (Wildman–Crippen LogP) is 3.30. The predicted molar refractivity (Wildman–Crippen MR) is 86.7 cm³/mol. The van der Waals surface area contributed by atoms with E-state index in [2.05, 4.69) is 43.1 Å². The molecule has 1 N–H and O–H groups in total. The molecule has 20 heavy (non-hydrogen) atoms. The lowest BCUT2D eigenvalue weighted by atomic mass is 9.96. The molecule has 0 amide bonds. The van der Waals surface area contributed by atoms with E-state index in [9.17, 15) is 0 Å². The maximum atomic E-state index is 5.38. The van der Waals surface area contributed by atoms with Gasteiger partial charge in [0.2, 0.25) is 0 Å². The van der Waals surface area contributed by atoms with Crippen LogP contribution < -0.4 is 10.1 Å². The molecule has 1 aromatic rings. The van der Waals surface area contributed by atoms with Crippen molar-refractivity contribution in [1.82, 2.24) is 10.2 Å². The molecule has 114 valence electrons. The minimum Gasteiger partial charge on any atom is -0.496 e. The number of hydrogen-bond donors (Lipinski definition) is 1. The molecular formula is C17H30N2O. The molecule has 1 aliphatic heterocycles. The van der Waals surface area contributed by atoms with Crippen molar-refractivity contribution in [2.45, 2.75) is 40.7 Å². The number of nitrogens with zero attached hydrogens (tertiary/aromatic N) is 1. The van der Waals surface area contributed by atoms with Crippen LogP contribution in [0.15, 0.2) is 12.1 Å². The Hall–Kier alpha value is -1.06. The van der Waals surface area contributed by atoms with E-state index in [1.165, 1.54) is 16.7 Å². The quantitative estimate of drug-likeness (QED) is 0.918. The van der Waals surface area contributed by atoms with Crippen LogP contribution in [0, 0.1) is 13.8 Å². The number of piperazine rings is 1. The van der Waals surface area contributed by atoms with Gasteiger partial charge in [-0.3, -0.25) is 4.90 Å². The highest BCUT2D eigenvalue weighted by Crippen LogP contribution is 2.30. The van der Waals surface area contributed by atoms with Crippen molar-refractivity contribution in [2.75, 3.05) is 33.3 Å². The molecule has 0 spiro atoms. The Morgan fingerprint density at radius 1 is 1.10 bits per heavy atom. The molecule has 2 rings (SSSR count). The SMILES string of the molecule is CC.COc1ccc(C(C)N2CCNCC2)c(C)c1C. The van der Waals surface area contributed by atoms with E-state index >= 15 is 0 Å². The van der Waals surface area contributed by atoms with Gasteiger partial charge in [0.1, 0.15) is 5.75 Å². The summed E-state index contributed by atoms with van der Waals surface area (Å²) >= 11 is 0. The minimum atomic E-state index is 0.483. The largest absolute Gasteiger partial charge is 0.496 e. The number of nitrogens with one attached hydrogen (secondary N) is 1. The van der Waals surface area contributed by atoms with Gasteiger partial charge in [-0.2, -0.15) is 0 Å². The zero-order chi connectivity index (χ0) is 15.1. The Kier molecular flexibility index (Phi) is 7.03. The zero-order valence-electron chi connectivity index (χ0n) is 13.9. The van der Waals surface area contributed by atoms with Gasteiger partial charge in [0.15, 0.2) is 0 Å². The smallest absolute Gasteiger partial charge is 0.122 e. The molecule has 1 heterocycles. The van der Waals surface area contributed by atoms with Crippen molar-refractivity contribution < 1.29 is 4.74 Å². The van der Waals surface area contributed by atoms with Crippen molar-refractivity contribution in [1.29, 1.82) is 0 Å². The summed E-state index contributed by atoms with van der Waals surface area (Å²) in [5, 5.41) is 3.40. The fourth-order valence-electron chi connectivity index (χ4n) is 2.76. The molecule has 1 unspecified atom stereocenters. The normalized spacial score (nSPS) is 17.1. The average Bonchev–Trinajstić information content (AvgIpc) is 2.52. The standard InChI is InChI=1S/C15H24N2O.C2H6/c1-11-12(2)15(18-4)6-5-14(11)13(3)17-9-7-16-8-10-17;1-2/h5-6,13,16H,7-10H2,1-4H3;1-2H3. The van der Waals surface area contributed by atoms with Crippen LogP contribution in [0.5, 0.6) is 5.75 Å². The molecule has 0 radical (unpaired) electrons. The Bertz CT molecular complexity index is 412. The lowest BCUT2D eigenvalue weighted by Gasteiger charge is -2.34. The van der Waals surface area contributed by atoms with Crippen LogP contribution in [-0.4, -0.2) is 38.2 Å². The molecule has 0 aromatic heterocycles. The van der Waals surface area contributed by atoms with E-state index in [-0.39, 0.29) is 0 Å². The monoisotopic (exact) mass is 278 g/mol. The number of hydrogen-bond acceptors (Lipinski definition) is 3. The van der Waals surface area contributed by atoms with Gasteiger partial charge in [-0.05, 0) is 43.5 Å². The van der Waals surface area contributed by atoms with Gasteiger partial charge in [-0.1, -0.05) is 19.9 Å². The van der Waals surface area contributed by atoms with Crippen LogP contribution in [0.25, 0.3) is 0 Å². The van der Waals surface area contributed by atoms with Crippen LogP contribution in [0.2, 0.25) is 0 Å². The Morgan fingerprint density at radius 3 is 2.25 bits per heavy atom. The van der Waals surface area contributed by atoms with E-state index in [0.29, 0.717) is 6.04 Å². The Labute approximate surface area is 124 Å². The van der Waals surface area contributed by atoms with Crippen LogP contribution >= 0.6 is 0 Å². The van der Waals surface area contributed by atoms with Gasteiger partial charge >= 0.3 is 0 Å². The highest BCUT2D eigenvalue weighted by Gasteiger charge is 2.20. The molecule has 3 heteroatoms. The number of ether oxygens (including phenoxy) is 1. The first-order valence-electron chi connectivity index (χ1n) is 7.74.